The van der Waals surface area contributed by atoms with E-state index in [2.05, 4.69) is 74.8 Å². The molecule has 0 spiro atoms. The number of piperidine rings is 1. The van der Waals surface area contributed by atoms with Crippen LogP contribution in [0.1, 0.15) is 68.2 Å². The lowest BCUT2D eigenvalue weighted by atomic mass is 9.49. The van der Waals surface area contributed by atoms with Crippen LogP contribution in [0, 0.1) is 22.2 Å². The Morgan fingerprint density at radius 3 is 2.36 bits per heavy atom. The van der Waals surface area contributed by atoms with E-state index in [9.17, 15) is 24.4 Å². The van der Waals surface area contributed by atoms with Gasteiger partial charge in [0.25, 0.3) is 17.4 Å². The van der Waals surface area contributed by atoms with Gasteiger partial charge in [-0.1, -0.05) is 49.7 Å². The van der Waals surface area contributed by atoms with Gasteiger partial charge < -0.3 is 15.0 Å². The smallest absolute Gasteiger partial charge is 0.278 e. The summed E-state index contributed by atoms with van der Waals surface area (Å²) in [4.78, 5) is 55.4. The number of imide groups is 1. The third-order valence-corrected chi connectivity index (χ3v) is 12.0. The van der Waals surface area contributed by atoms with Gasteiger partial charge in [-0.3, -0.25) is 29.4 Å². The summed E-state index contributed by atoms with van der Waals surface area (Å²) in [6.07, 6.45) is 1.92. The molecule has 0 bridgehead atoms. The fourth-order valence-electron chi connectivity index (χ4n) is 8.83. The number of nitriles is 1. The van der Waals surface area contributed by atoms with Crippen molar-refractivity contribution < 1.29 is 19.1 Å². The van der Waals surface area contributed by atoms with Crippen LogP contribution in [-0.2, 0) is 16.1 Å². The molecule has 2 aliphatic heterocycles. The van der Waals surface area contributed by atoms with Gasteiger partial charge in [-0.2, -0.15) is 9.94 Å². The Morgan fingerprint density at radius 2 is 1.67 bits per heavy atom. The van der Waals surface area contributed by atoms with Crippen LogP contribution < -0.4 is 25.8 Å². The fourth-order valence-corrected chi connectivity index (χ4v) is 9.04. The molecule has 1 aliphatic carbocycles. The van der Waals surface area contributed by atoms with Crippen LogP contribution in [0.2, 0.25) is 5.02 Å². The minimum Gasteiger partial charge on any atom is -0.489 e. The van der Waals surface area contributed by atoms with E-state index in [-0.39, 0.29) is 53.0 Å². The van der Waals surface area contributed by atoms with Gasteiger partial charge in [0.2, 0.25) is 5.91 Å². The molecule has 1 atom stereocenters. The highest BCUT2D eigenvalue weighted by molar-refractivity contribution is 6.31. The maximum absolute atomic E-state index is 13.5. The van der Waals surface area contributed by atoms with E-state index >= 15 is 0 Å². The first kappa shape index (κ1) is 38.7. The molecule has 3 amide bonds. The van der Waals surface area contributed by atoms with Gasteiger partial charge in [0, 0.05) is 73.3 Å². The normalized spacial score (nSPS) is 21.5. The molecule has 1 saturated carbocycles. The van der Waals surface area contributed by atoms with Crippen LogP contribution >= 0.6 is 11.6 Å². The zero-order valence-electron chi connectivity index (χ0n) is 32.5. The molecule has 2 saturated heterocycles. The van der Waals surface area contributed by atoms with Crippen molar-refractivity contribution in [2.24, 2.45) is 10.8 Å². The monoisotopic (exact) mass is 803 g/mol. The first-order valence-corrected chi connectivity index (χ1v) is 19.5. The summed E-state index contributed by atoms with van der Waals surface area (Å²) in [7, 11) is 0. The number of nitrogens with one attached hydrogen (secondary N) is 2. The van der Waals surface area contributed by atoms with Crippen molar-refractivity contribution in [3.05, 3.63) is 99.1 Å². The van der Waals surface area contributed by atoms with Gasteiger partial charge in [-0.05, 0) is 61.0 Å². The van der Waals surface area contributed by atoms with Crippen molar-refractivity contribution in [1.29, 1.82) is 5.26 Å². The van der Waals surface area contributed by atoms with Gasteiger partial charge in [0.05, 0.1) is 33.6 Å². The Kier molecular flexibility index (Phi) is 9.98. The number of carbonyl (C=O) groups excluding carboxylic acids is 3. The van der Waals surface area contributed by atoms with Crippen molar-refractivity contribution in [3.63, 3.8) is 0 Å². The predicted molar refractivity (Wildman–Crippen MR) is 213 cm³/mol. The van der Waals surface area contributed by atoms with Crippen LogP contribution in [0.3, 0.4) is 0 Å². The quantitative estimate of drug-likeness (QED) is 0.205. The highest BCUT2D eigenvalue weighted by Gasteiger charge is 2.64. The molecule has 2 N–H and O–H groups in total. The summed E-state index contributed by atoms with van der Waals surface area (Å²) in [5, 5.41) is 32.1. The largest absolute Gasteiger partial charge is 0.489 e. The first-order chi connectivity index (χ1) is 27.7. The molecule has 1 unspecified atom stereocenters. The number of hydrogen-bond donors (Lipinski definition) is 2. The van der Waals surface area contributed by atoms with Crippen molar-refractivity contribution in [2.75, 3.05) is 31.1 Å². The number of fused-ring (bicyclic) bond motifs is 1. The zero-order valence-corrected chi connectivity index (χ0v) is 33.2. The second-order valence-corrected chi connectivity index (χ2v) is 16.7. The van der Waals surface area contributed by atoms with E-state index in [4.69, 9.17) is 16.3 Å². The molecular weight excluding hydrogens is 762 g/mol. The fraction of sp³-hybridized carbons (Fsp3) is 0.390. The zero-order chi connectivity index (χ0) is 40.9. The number of rotatable bonds is 9. The molecule has 3 aliphatic rings. The minimum absolute atomic E-state index is 0.116. The van der Waals surface area contributed by atoms with Crippen molar-refractivity contribution >= 4 is 45.9 Å². The lowest BCUT2D eigenvalue weighted by Gasteiger charge is -2.63. The number of hydrogen-bond acceptors (Lipinski definition) is 12. The van der Waals surface area contributed by atoms with Gasteiger partial charge in [-0.25, -0.2) is 4.68 Å². The van der Waals surface area contributed by atoms with E-state index in [0.717, 1.165) is 42.2 Å². The highest BCUT2D eigenvalue weighted by Crippen LogP contribution is 2.55. The molecule has 298 valence electrons. The summed E-state index contributed by atoms with van der Waals surface area (Å²) >= 11 is 6.24. The lowest BCUT2D eigenvalue weighted by Crippen LogP contribution is -2.74. The number of halogens is 1. The molecular formula is C41H42ClN11O5. The third-order valence-electron chi connectivity index (χ3n) is 11.7. The van der Waals surface area contributed by atoms with E-state index < -0.39 is 17.5 Å². The minimum atomic E-state index is -0.909. The molecule has 2 aromatic heterocycles. The molecule has 16 nitrogen and oxygen atoms in total. The van der Waals surface area contributed by atoms with Crippen LogP contribution in [0.5, 0.6) is 5.75 Å². The van der Waals surface area contributed by atoms with Gasteiger partial charge in [0.1, 0.15) is 29.5 Å². The molecule has 8 rings (SSSR count). The maximum atomic E-state index is 13.5. The summed E-state index contributed by atoms with van der Waals surface area (Å²) in [5.74, 6) is -0.505. The number of nitrogens with zero attached hydrogens (tertiary/aromatic N) is 9. The number of benzene rings is 3. The van der Waals surface area contributed by atoms with E-state index in [1.165, 1.54) is 0 Å². The summed E-state index contributed by atoms with van der Waals surface area (Å²) in [6.45, 7) is 12.1. The topological polar surface area (TPSA) is 193 Å². The summed E-state index contributed by atoms with van der Waals surface area (Å²) in [5.41, 5.74) is 2.55. The SMILES string of the molecule is CC1(C)C(NC(=O)c2ccc(N3CCN(Cc4cn(-c5ccc6nnn(C7CCC(=O)NC7=O)c(=O)c6c5)nn4)CC3)cc2)C(C)(C)C1Oc1ccc(C#N)c(Cl)c1. The summed E-state index contributed by atoms with van der Waals surface area (Å²) < 4.78 is 9.01. The van der Waals surface area contributed by atoms with Crippen molar-refractivity contribution in [2.45, 2.75) is 65.3 Å². The number of carbonyl (C=O) groups is 3. The van der Waals surface area contributed by atoms with Crippen LogP contribution in [0.4, 0.5) is 5.69 Å². The average molecular weight is 804 g/mol. The van der Waals surface area contributed by atoms with Crippen LogP contribution in [-0.4, -0.2) is 90.9 Å². The second kappa shape index (κ2) is 15.0. The van der Waals surface area contributed by atoms with Gasteiger partial charge in [-0.15, -0.1) is 10.2 Å². The highest BCUT2D eigenvalue weighted by atomic mass is 35.5. The molecule has 3 aromatic carbocycles. The number of piperazine rings is 1. The number of aromatic nitrogens is 6. The molecule has 58 heavy (non-hydrogen) atoms. The number of ether oxygens (including phenoxy) is 1. The van der Waals surface area contributed by atoms with Gasteiger partial charge >= 0.3 is 0 Å². The molecule has 4 heterocycles. The van der Waals surface area contributed by atoms with Crippen molar-refractivity contribution in [3.8, 4) is 17.5 Å². The number of anilines is 1. The maximum Gasteiger partial charge on any atom is 0.278 e. The standard InChI is InChI=1S/C41H42ClN11O5/c1-40(2)38(41(3,4)39(40)58-29-11-7-25(21-43)31(42)20-29)45-35(55)24-5-8-27(9-6-24)51-17-15-50(16-18-51)22-26-23-52(48-46-26)28-10-12-32-30(19-28)37(57)53(49-47-32)33-13-14-34(54)44-36(33)56/h5-12,19-20,23,33,38-39H,13-18,22H2,1-4H3,(H,45,55)(H,44,54,56). The Hall–Kier alpha value is -6.18. The second-order valence-electron chi connectivity index (χ2n) is 16.3. The lowest BCUT2D eigenvalue weighted by molar-refractivity contribution is -0.164. The van der Waals surface area contributed by atoms with Crippen molar-refractivity contribution in [1.82, 2.24) is 45.5 Å². The molecule has 3 fully saturated rings. The van der Waals surface area contributed by atoms with E-state index in [0.29, 0.717) is 39.6 Å². The Bertz CT molecular complexity index is 2520. The molecule has 0 radical (unpaired) electrons. The molecule has 17 heteroatoms. The Morgan fingerprint density at radius 1 is 0.948 bits per heavy atom. The average Bonchev–Trinajstić information content (AvgIpc) is 3.68. The molecule has 5 aromatic rings. The van der Waals surface area contributed by atoms with Gasteiger partial charge in [0.15, 0.2) is 0 Å². The Balaban J connectivity index is 0.849. The number of amides is 3. The van der Waals surface area contributed by atoms with E-state index in [1.807, 2.05) is 30.5 Å². The predicted octanol–water partition coefficient (Wildman–Crippen LogP) is 3.81. The first-order valence-electron chi connectivity index (χ1n) is 19.1. The third kappa shape index (κ3) is 7.16. The van der Waals surface area contributed by atoms with Crippen LogP contribution in [0.15, 0.2) is 71.7 Å². The Labute approximate surface area is 338 Å². The van der Waals surface area contributed by atoms with E-state index in [1.54, 1.807) is 41.1 Å². The summed E-state index contributed by atoms with van der Waals surface area (Å²) in [6, 6.07) is 18.9. The van der Waals surface area contributed by atoms with Crippen LogP contribution in [0.25, 0.3) is 16.6 Å².